The van der Waals surface area contributed by atoms with Crippen LogP contribution < -0.4 is 0 Å². The molecule has 1 atom stereocenters. The predicted octanol–water partition coefficient (Wildman–Crippen LogP) is 1.06. The Morgan fingerprint density at radius 2 is 1.94 bits per heavy atom. The summed E-state index contributed by atoms with van der Waals surface area (Å²) in [5.41, 5.74) is 0. The van der Waals surface area contributed by atoms with Gasteiger partial charge in [0.15, 0.2) is 5.75 Å². The van der Waals surface area contributed by atoms with Gasteiger partial charge in [-0.25, -0.2) is 8.42 Å². The average Bonchev–Trinajstić information content (AvgIpc) is 2.92. The van der Waals surface area contributed by atoms with Crippen LogP contribution in [0.5, 0.6) is 0 Å². The first-order chi connectivity index (χ1) is 8.03. The van der Waals surface area contributed by atoms with Crippen molar-refractivity contribution in [3.8, 4) is 0 Å². The van der Waals surface area contributed by atoms with Crippen molar-refractivity contribution in [1.82, 2.24) is 4.31 Å². The Kier molecular flexibility index (Phi) is 4.26. The van der Waals surface area contributed by atoms with Crippen molar-refractivity contribution < 1.29 is 31.5 Å². The van der Waals surface area contributed by atoms with Gasteiger partial charge in [-0.3, -0.25) is 4.79 Å². The minimum absolute atomic E-state index is 0.115. The van der Waals surface area contributed by atoms with E-state index in [0.29, 0.717) is 12.8 Å². The van der Waals surface area contributed by atoms with Gasteiger partial charge in [-0.15, -0.1) is 0 Å². The van der Waals surface area contributed by atoms with E-state index in [1.165, 1.54) is 6.92 Å². The molecule has 0 aromatic carbocycles. The average molecular weight is 289 g/mol. The minimum atomic E-state index is -4.69. The molecule has 9 heteroatoms. The van der Waals surface area contributed by atoms with E-state index in [-0.39, 0.29) is 10.2 Å². The van der Waals surface area contributed by atoms with Gasteiger partial charge >= 0.3 is 12.1 Å². The Balaban J connectivity index is 2.92. The fourth-order valence-electron chi connectivity index (χ4n) is 1.73. The molecule has 0 amide bonds. The molecule has 0 aliphatic heterocycles. The first kappa shape index (κ1) is 15.2. The van der Waals surface area contributed by atoms with Crippen LogP contribution in [0.2, 0.25) is 0 Å². The molecule has 1 rings (SSSR count). The number of rotatable bonds is 6. The summed E-state index contributed by atoms with van der Waals surface area (Å²) in [5, 5.41) is 8.45. The molecular weight excluding hydrogens is 275 g/mol. The van der Waals surface area contributed by atoms with Crippen molar-refractivity contribution in [2.75, 3.05) is 12.3 Å². The van der Waals surface area contributed by atoms with Crippen LogP contribution in [0.25, 0.3) is 0 Å². The lowest BCUT2D eigenvalue weighted by Gasteiger charge is -2.28. The number of carboxylic acids is 1. The van der Waals surface area contributed by atoms with Crippen LogP contribution in [-0.2, 0) is 14.8 Å². The number of sulfonamides is 1. The van der Waals surface area contributed by atoms with Gasteiger partial charge in [-0.1, -0.05) is 0 Å². The molecule has 1 aliphatic carbocycles. The summed E-state index contributed by atoms with van der Waals surface area (Å²) >= 11 is 0. The summed E-state index contributed by atoms with van der Waals surface area (Å²) in [5.74, 6) is -3.10. The SMILES string of the molecule is CC(C1CC1)N(CC(F)(F)F)S(=O)(=O)CC(=O)O. The third kappa shape index (κ3) is 4.45. The van der Waals surface area contributed by atoms with E-state index < -0.39 is 40.5 Å². The summed E-state index contributed by atoms with van der Waals surface area (Å²) in [7, 11) is -4.45. The normalized spacial score (nSPS) is 18.9. The Morgan fingerprint density at radius 3 is 2.28 bits per heavy atom. The van der Waals surface area contributed by atoms with E-state index in [9.17, 15) is 26.4 Å². The number of alkyl halides is 3. The fourth-order valence-corrected chi connectivity index (χ4v) is 3.22. The standard InChI is InChI=1S/C9H14F3NO4S/c1-6(7-2-3-7)13(5-9(10,11)12)18(16,17)4-8(14)15/h6-7H,2-5H2,1H3,(H,14,15). The van der Waals surface area contributed by atoms with Gasteiger partial charge in [0.1, 0.15) is 6.54 Å². The first-order valence-electron chi connectivity index (χ1n) is 5.31. The number of hydrogen-bond acceptors (Lipinski definition) is 3. The van der Waals surface area contributed by atoms with Crippen LogP contribution in [0.4, 0.5) is 13.2 Å². The third-order valence-electron chi connectivity index (χ3n) is 2.76. The predicted molar refractivity (Wildman–Crippen MR) is 56.4 cm³/mol. The molecule has 0 bridgehead atoms. The molecular formula is C9H14F3NO4S. The van der Waals surface area contributed by atoms with Crippen molar-refractivity contribution >= 4 is 16.0 Å². The molecule has 0 aromatic heterocycles. The Morgan fingerprint density at radius 1 is 1.44 bits per heavy atom. The molecule has 1 unspecified atom stereocenters. The molecule has 0 aromatic rings. The summed E-state index contributed by atoms with van der Waals surface area (Å²) in [4.78, 5) is 10.4. The highest BCUT2D eigenvalue weighted by Crippen LogP contribution is 2.37. The molecule has 1 saturated carbocycles. The highest BCUT2D eigenvalue weighted by molar-refractivity contribution is 7.89. The topological polar surface area (TPSA) is 74.7 Å². The van der Waals surface area contributed by atoms with E-state index in [4.69, 9.17) is 5.11 Å². The second kappa shape index (κ2) is 5.04. The maximum Gasteiger partial charge on any atom is 0.402 e. The summed E-state index contributed by atoms with van der Waals surface area (Å²) in [6.45, 7) is -0.261. The zero-order chi connectivity index (χ0) is 14.1. The van der Waals surface area contributed by atoms with E-state index in [0.717, 1.165) is 0 Å². The largest absolute Gasteiger partial charge is 0.480 e. The van der Waals surface area contributed by atoms with Crippen LogP contribution in [0, 0.1) is 5.92 Å². The molecule has 0 spiro atoms. The van der Waals surface area contributed by atoms with Gasteiger partial charge in [0.25, 0.3) is 0 Å². The fraction of sp³-hybridized carbons (Fsp3) is 0.889. The highest BCUT2D eigenvalue weighted by Gasteiger charge is 2.44. The molecule has 0 radical (unpaired) electrons. The molecule has 106 valence electrons. The smallest absolute Gasteiger partial charge is 0.402 e. The number of halogens is 3. The van der Waals surface area contributed by atoms with Gasteiger partial charge < -0.3 is 5.11 Å². The van der Waals surface area contributed by atoms with E-state index in [2.05, 4.69) is 0 Å². The molecule has 0 heterocycles. The van der Waals surface area contributed by atoms with Crippen molar-refractivity contribution in [3.05, 3.63) is 0 Å². The summed E-state index contributed by atoms with van der Waals surface area (Å²) < 4.78 is 60.6. The molecule has 5 nitrogen and oxygen atoms in total. The molecule has 1 aliphatic rings. The monoisotopic (exact) mass is 289 g/mol. The van der Waals surface area contributed by atoms with Crippen molar-refractivity contribution in [1.29, 1.82) is 0 Å². The third-order valence-corrected chi connectivity index (χ3v) is 4.54. The summed E-state index contributed by atoms with van der Waals surface area (Å²) in [6, 6.07) is -0.823. The Bertz CT molecular complexity index is 416. The second-order valence-electron chi connectivity index (χ2n) is 4.39. The van der Waals surface area contributed by atoms with Crippen molar-refractivity contribution in [2.24, 2.45) is 5.92 Å². The maximum atomic E-state index is 12.4. The van der Waals surface area contributed by atoms with Gasteiger partial charge in [-0.05, 0) is 25.7 Å². The maximum absolute atomic E-state index is 12.4. The lowest BCUT2D eigenvalue weighted by molar-refractivity contribution is -0.140. The molecule has 1 N–H and O–H groups in total. The molecule has 1 fully saturated rings. The molecule has 0 saturated heterocycles. The van der Waals surface area contributed by atoms with Crippen LogP contribution in [0.1, 0.15) is 19.8 Å². The first-order valence-corrected chi connectivity index (χ1v) is 6.92. The van der Waals surface area contributed by atoms with Crippen molar-refractivity contribution in [3.63, 3.8) is 0 Å². The van der Waals surface area contributed by atoms with Crippen LogP contribution in [0.3, 0.4) is 0 Å². The lowest BCUT2D eigenvalue weighted by atomic mass is 10.2. The Labute approximate surface area is 103 Å². The van der Waals surface area contributed by atoms with Gasteiger partial charge in [0.05, 0.1) is 0 Å². The quantitative estimate of drug-likeness (QED) is 0.793. The lowest BCUT2D eigenvalue weighted by Crippen LogP contribution is -2.47. The van der Waals surface area contributed by atoms with Crippen LogP contribution in [0.15, 0.2) is 0 Å². The van der Waals surface area contributed by atoms with E-state index >= 15 is 0 Å². The minimum Gasteiger partial charge on any atom is -0.480 e. The highest BCUT2D eigenvalue weighted by atomic mass is 32.2. The second-order valence-corrected chi connectivity index (χ2v) is 6.31. The summed E-state index contributed by atoms with van der Waals surface area (Å²) in [6.07, 6.45) is -3.36. The number of carbonyl (C=O) groups is 1. The van der Waals surface area contributed by atoms with Crippen LogP contribution in [-0.4, -0.2) is 48.3 Å². The van der Waals surface area contributed by atoms with Gasteiger partial charge in [0, 0.05) is 6.04 Å². The molecule has 18 heavy (non-hydrogen) atoms. The van der Waals surface area contributed by atoms with E-state index in [1.807, 2.05) is 0 Å². The number of aliphatic carboxylic acids is 1. The van der Waals surface area contributed by atoms with Crippen molar-refractivity contribution in [2.45, 2.75) is 32.0 Å². The van der Waals surface area contributed by atoms with Crippen LogP contribution >= 0.6 is 0 Å². The van der Waals surface area contributed by atoms with Gasteiger partial charge in [-0.2, -0.15) is 17.5 Å². The number of carboxylic acid groups (broad SMARTS) is 1. The van der Waals surface area contributed by atoms with E-state index in [1.54, 1.807) is 0 Å². The van der Waals surface area contributed by atoms with Gasteiger partial charge in [0.2, 0.25) is 10.0 Å². The number of hydrogen-bond donors (Lipinski definition) is 1. The number of nitrogens with zero attached hydrogens (tertiary/aromatic N) is 1. The zero-order valence-corrected chi connectivity index (χ0v) is 10.5. The Hall–Kier alpha value is -0.830. The zero-order valence-electron chi connectivity index (χ0n) is 9.64.